The molecule has 1 fully saturated rings. The van der Waals surface area contributed by atoms with Crippen LogP contribution in [0.3, 0.4) is 0 Å². The minimum Gasteiger partial charge on any atom is -0.408 e. The van der Waals surface area contributed by atoms with Crippen molar-refractivity contribution in [2.24, 2.45) is 5.73 Å². The summed E-state index contributed by atoms with van der Waals surface area (Å²) in [4.78, 5) is 21.5. The number of H-pyrrole nitrogens is 1. The zero-order chi connectivity index (χ0) is 17.9. The van der Waals surface area contributed by atoms with Crippen molar-refractivity contribution in [1.82, 2.24) is 14.9 Å². The number of nitrogens with zero attached hydrogens (tertiary/aromatic N) is 2. The topological polar surface area (TPSA) is 84.2 Å². The first-order chi connectivity index (χ1) is 12.7. The summed E-state index contributed by atoms with van der Waals surface area (Å²) in [6, 6.07) is 13.8. The van der Waals surface area contributed by atoms with Crippen molar-refractivity contribution in [2.45, 2.75) is 25.8 Å². The fraction of sp³-hybridized carbons (Fsp3) is 0.300. The maximum Gasteiger partial charge on any atom is 0.410 e. The number of hydrogen-bond donors (Lipinski definition) is 2. The molecule has 1 aliphatic rings. The number of benzene rings is 2. The van der Waals surface area contributed by atoms with Gasteiger partial charge in [-0.1, -0.05) is 30.7 Å². The van der Waals surface area contributed by atoms with Crippen LogP contribution in [0.4, 0.5) is 4.79 Å². The highest BCUT2D eigenvalue weighted by atomic mass is 16.5. The number of carbonyl (C=O) groups is 1. The fourth-order valence-electron chi connectivity index (χ4n) is 3.53. The van der Waals surface area contributed by atoms with Crippen LogP contribution in [-0.4, -0.2) is 34.1 Å². The lowest BCUT2D eigenvalue weighted by molar-refractivity contribution is 0.211. The third-order valence-electron chi connectivity index (χ3n) is 4.74. The number of rotatable bonds is 4. The summed E-state index contributed by atoms with van der Waals surface area (Å²) in [5, 5.41) is 0. The predicted molar refractivity (Wildman–Crippen MR) is 101 cm³/mol. The molecule has 0 unspecified atom stereocenters. The molecule has 6 nitrogen and oxygen atoms in total. The number of hydrogen-bond acceptors (Lipinski definition) is 4. The third kappa shape index (κ3) is 3.55. The Morgan fingerprint density at radius 3 is 2.77 bits per heavy atom. The van der Waals surface area contributed by atoms with Crippen LogP contribution < -0.4 is 10.5 Å². The molecule has 0 bridgehead atoms. The van der Waals surface area contributed by atoms with Gasteiger partial charge in [0.15, 0.2) is 5.75 Å². The number of primary amides is 1. The minimum atomic E-state index is -0.842. The van der Waals surface area contributed by atoms with Gasteiger partial charge in [-0.05, 0) is 49.7 Å². The summed E-state index contributed by atoms with van der Waals surface area (Å²) in [6.45, 7) is 3.30. The van der Waals surface area contributed by atoms with E-state index < -0.39 is 6.09 Å². The van der Waals surface area contributed by atoms with Crippen molar-refractivity contribution < 1.29 is 9.53 Å². The number of amides is 1. The molecular formula is C20H22N4O2. The van der Waals surface area contributed by atoms with Crippen molar-refractivity contribution in [3.63, 3.8) is 0 Å². The van der Waals surface area contributed by atoms with Crippen LogP contribution in [0, 0.1) is 0 Å². The summed E-state index contributed by atoms with van der Waals surface area (Å²) < 4.78 is 5.05. The Hall–Kier alpha value is -2.86. The van der Waals surface area contributed by atoms with E-state index in [0.29, 0.717) is 11.3 Å². The molecule has 2 aromatic carbocycles. The number of fused-ring (bicyclic) bond motifs is 1. The monoisotopic (exact) mass is 350 g/mol. The Morgan fingerprint density at radius 2 is 1.96 bits per heavy atom. The van der Waals surface area contributed by atoms with E-state index in [1.54, 1.807) is 12.1 Å². The maximum atomic E-state index is 11.1. The molecule has 3 aromatic rings. The highest BCUT2D eigenvalue weighted by molar-refractivity contribution is 5.87. The van der Waals surface area contributed by atoms with Gasteiger partial charge < -0.3 is 15.5 Å². The highest BCUT2D eigenvalue weighted by Gasteiger charge is 2.13. The molecule has 0 spiro atoms. The lowest BCUT2D eigenvalue weighted by Gasteiger charge is -2.26. The first-order valence-electron chi connectivity index (χ1n) is 8.97. The standard InChI is InChI=1S/C20H22N4O2/c21-20(25)26-17-9-5-8-16-18(17)23-19(22-16)15-7-4-6-14(12-15)13-24-10-2-1-3-11-24/h4-9,12H,1-3,10-11,13H2,(H2,21,25)(H,22,23). The van der Waals surface area contributed by atoms with Crippen LogP contribution in [0.1, 0.15) is 24.8 Å². The summed E-state index contributed by atoms with van der Waals surface area (Å²) in [6.07, 6.45) is 3.06. The van der Waals surface area contributed by atoms with Crippen LogP contribution >= 0.6 is 0 Å². The number of carbonyl (C=O) groups excluding carboxylic acids is 1. The number of aromatic nitrogens is 2. The normalized spacial score (nSPS) is 15.2. The number of nitrogens with one attached hydrogen (secondary N) is 1. The van der Waals surface area contributed by atoms with Gasteiger partial charge in [-0.15, -0.1) is 0 Å². The summed E-state index contributed by atoms with van der Waals surface area (Å²) in [7, 11) is 0. The van der Waals surface area contributed by atoms with E-state index >= 15 is 0 Å². The van der Waals surface area contributed by atoms with Crippen LogP contribution in [-0.2, 0) is 6.54 Å². The van der Waals surface area contributed by atoms with Crippen molar-refractivity contribution in [2.75, 3.05) is 13.1 Å². The molecular weight excluding hydrogens is 328 g/mol. The molecule has 1 amide bonds. The molecule has 1 saturated heterocycles. The largest absolute Gasteiger partial charge is 0.410 e. The number of aromatic amines is 1. The van der Waals surface area contributed by atoms with Crippen molar-refractivity contribution in [3.05, 3.63) is 48.0 Å². The van der Waals surface area contributed by atoms with Crippen molar-refractivity contribution in [1.29, 1.82) is 0 Å². The van der Waals surface area contributed by atoms with E-state index in [2.05, 4.69) is 33.1 Å². The zero-order valence-electron chi connectivity index (χ0n) is 14.6. The average molecular weight is 350 g/mol. The molecule has 4 rings (SSSR count). The van der Waals surface area contributed by atoms with Gasteiger partial charge in [-0.2, -0.15) is 0 Å². The van der Waals surface area contributed by atoms with Gasteiger partial charge in [0.05, 0.1) is 5.52 Å². The highest BCUT2D eigenvalue weighted by Crippen LogP contribution is 2.28. The second-order valence-corrected chi connectivity index (χ2v) is 6.70. The summed E-state index contributed by atoms with van der Waals surface area (Å²) >= 11 is 0. The summed E-state index contributed by atoms with van der Waals surface area (Å²) in [5.74, 6) is 1.11. The smallest absolute Gasteiger partial charge is 0.408 e. The molecule has 2 heterocycles. The maximum absolute atomic E-state index is 11.1. The predicted octanol–water partition coefficient (Wildman–Crippen LogP) is 3.67. The van der Waals surface area contributed by atoms with E-state index in [1.807, 2.05) is 12.1 Å². The summed E-state index contributed by atoms with van der Waals surface area (Å²) in [5.41, 5.74) is 8.83. The van der Waals surface area contributed by atoms with Gasteiger partial charge in [-0.25, -0.2) is 9.78 Å². The van der Waals surface area contributed by atoms with Crippen LogP contribution in [0.2, 0.25) is 0 Å². The molecule has 6 heteroatoms. The number of piperidine rings is 1. The quantitative estimate of drug-likeness (QED) is 0.752. The lowest BCUT2D eigenvalue weighted by Crippen LogP contribution is -2.29. The number of ether oxygens (including phenoxy) is 1. The SMILES string of the molecule is NC(=O)Oc1cccc2[nH]c(-c3cccc(CN4CCCCC4)c3)nc12. The zero-order valence-corrected chi connectivity index (χ0v) is 14.6. The van der Waals surface area contributed by atoms with E-state index in [4.69, 9.17) is 10.5 Å². The Kier molecular flexibility index (Phi) is 4.58. The van der Waals surface area contributed by atoms with Gasteiger partial charge in [-0.3, -0.25) is 4.90 Å². The molecule has 0 atom stereocenters. The van der Waals surface area contributed by atoms with Gasteiger partial charge in [0.2, 0.25) is 0 Å². The van der Waals surface area contributed by atoms with Crippen molar-refractivity contribution >= 4 is 17.1 Å². The van der Waals surface area contributed by atoms with Crippen molar-refractivity contribution in [3.8, 4) is 17.1 Å². The third-order valence-corrected chi connectivity index (χ3v) is 4.74. The van der Waals surface area contributed by atoms with E-state index in [9.17, 15) is 4.79 Å². The number of para-hydroxylation sites is 1. The molecule has 0 radical (unpaired) electrons. The van der Waals surface area contributed by atoms with E-state index in [1.165, 1.54) is 37.9 Å². The number of imidazole rings is 1. The Labute approximate surface area is 152 Å². The average Bonchev–Trinajstić information content (AvgIpc) is 3.08. The van der Waals surface area contributed by atoms with Crippen LogP contribution in [0.15, 0.2) is 42.5 Å². The van der Waals surface area contributed by atoms with E-state index in [0.717, 1.165) is 23.4 Å². The molecule has 3 N–H and O–H groups in total. The van der Waals surface area contributed by atoms with Gasteiger partial charge in [0.25, 0.3) is 0 Å². The molecule has 1 aromatic heterocycles. The Balaban J connectivity index is 1.62. The molecule has 26 heavy (non-hydrogen) atoms. The lowest BCUT2D eigenvalue weighted by atomic mass is 10.1. The molecule has 1 aliphatic heterocycles. The van der Waals surface area contributed by atoms with Gasteiger partial charge in [0, 0.05) is 12.1 Å². The molecule has 134 valence electrons. The van der Waals surface area contributed by atoms with E-state index in [-0.39, 0.29) is 0 Å². The van der Waals surface area contributed by atoms with Crippen LogP contribution in [0.5, 0.6) is 5.75 Å². The Bertz CT molecular complexity index is 928. The minimum absolute atomic E-state index is 0.363. The van der Waals surface area contributed by atoms with Gasteiger partial charge in [0.1, 0.15) is 11.3 Å². The second kappa shape index (κ2) is 7.17. The fourth-order valence-corrected chi connectivity index (χ4v) is 3.53. The molecule has 0 saturated carbocycles. The number of likely N-dealkylation sites (tertiary alicyclic amines) is 1. The van der Waals surface area contributed by atoms with Gasteiger partial charge >= 0.3 is 6.09 Å². The second-order valence-electron chi connectivity index (χ2n) is 6.70. The first kappa shape index (κ1) is 16.6. The Morgan fingerprint density at radius 1 is 1.15 bits per heavy atom. The molecule has 0 aliphatic carbocycles. The number of nitrogens with two attached hydrogens (primary N) is 1. The first-order valence-corrected chi connectivity index (χ1v) is 8.97. The van der Waals surface area contributed by atoms with Crippen LogP contribution in [0.25, 0.3) is 22.4 Å².